The van der Waals surface area contributed by atoms with E-state index in [1.807, 2.05) is 26.0 Å². The quantitative estimate of drug-likeness (QED) is 0.831. The SMILES string of the molecule is C=C(COc1cccc2c1OC(C)(C)C2)C(=O)O. The summed E-state index contributed by atoms with van der Waals surface area (Å²) in [5, 5.41) is 8.73. The molecule has 0 atom stereocenters. The van der Waals surface area contributed by atoms with E-state index in [1.54, 1.807) is 6.07 Å². The van der Waals surface area contributed by atoms with E-state index in [2.05, 4.69) is 6.58 Å². The summed E-state index contributed by atoms with van der Waals surface area (Å²) in [6, 6.07) is 5.64. The Bertz CT molecular complexity index is 503. The van der Waals surface area contributed by atoms with E-state index in [9.17, 15) is 4.79 Å². The van der Waals surface area contributed by atoms with Crippen LogP contribution in [0.5, 0.6) is 11.5 Å². The van der Waals surface area contributed by atoms with Gasteiger partial charge >= 0.3 is 5.97 Å². The van der Waals surface area contributed by atoms with Crippen LogP contribution in [0, 0.1) is 0 Å². The minimum absolute atomic E-state index is 0.0184. The van der Waals surface area contributed by atoms with Crippen molar-refractivity contribution in [3.63, 3.8) is 0 Å². The third kappa shape index (κ3) is 2.47. The predicted octanol–water partition coefficient (Wildman–Crippen LogP) is 2.42. The topological polar surface area (TPSA) is 55.8 Å². The number of carbonyl (C=O) groups is 1. The first-order chi connectivity index (χ1) is 8.39. The van der Waals surface area contributed by atoms with E-state index in [4.69, 9.17) is 14.6 Å². The highest BCUT2D eigenvalue weighted by molar-refractivity contribution is 5.86. The monoisotopic (exact) mass is 248 g/mol. The fraction of sp³-hybridized carbons (Fsp3) is 0.357. The number of hydrogen-bond acceptors (Lipinski definition) is 3. The van der Waals surface area contributed by atoms with Crippen molar-refractivity contribution in [3.8, 4) is 11.5 Å². The van der Waals surface area contributed by atoms with Gasteiger partial charge in [-0.05, 0) is 19.9 Å². The Morgan fingerprint density at radius 1 is 1.56 bits per heavy atom. The molecule has 0 spiro atoms. The van der Waals surface area contributed by atoms with Crippen molar-refractivity contribution in [1.82, 2.24) is 0 Å². The van der Waals surface area contributed by atoms with Crippen molar-refractivity contribution in [2.75, 3.05) is 6.61 Å². The Balaban J connectivity index is 2.15. The summed E-state index contributed by atoms with van der Waals surface area (Å²) in [6.45, 7) is 7.39. The van der Waals surface area contributed by atoms with Gasteiger partial charge < -0.3 is 14.6 Å². The molecule has 1 aromatic rings. The highest BCUT2D eigenvalue weighted by Gasteiger charge is 2.32. The highest BCUT2D eigenvalue weighted by Crippen LogP contribution is 2.41. The summed E-state index contributed by atoms with van der Waals surface area (Å²) in [5.74, 6) is 0.227. The number of benzene rings is 1. The molecule has 0 radical (unpaired) electrons. The Morgan fingerprint density at radius 3 is 2.94 bits per heavy atom. The predicted molar refractivity (Wildman–Crippen MR) is 67.1 cm³/mol. The molecule has 0 unspecified atom stereocenters. The molecule has 1 heterocycles. The average Bonchev–Trinajstić information content (AvgIpc) is 2.59. The Kier molecular flexibility index (Phi) is 3.03. The van der Waals surface area contributed by atoms with E-state index in [0.717, 1.165) is 12.0 Å². The molecule has 2 rings (SSSR count). The van der Waals surface area contributed by atoms with Crippen LogP contribution in [0.2, 0.25) is 0 Å². The molecule has 1 N–H and O–H groups in total. The molecule has 4 heteroatoms. The van der Waals surface area contributed by atoms with Gasteiger partial charge in [-0.2, -0.15) is 0 Å². The lowest BCUT2D eigenvalue weighted by atomic mass is 10.0. The normalized spacial score (nSPS) is 15.7. The fourth-order valence-electron chi connectivity index (χ4n) is 1.93. The summed E-state index contributed by atoms with van der Waals surface area (Å²) >= 11 is 0. The van der Waals surface area contributed by atoms with Gasteiger partial charge in [-0.3, -0.25) is 0 Å². The zero-order valence-corrected chi connectivity index (χ0v) is 10.5. The van der Waals surface area contributed by atoms with Gasteiger partial charge in [0.15, 0.2) is 11.5 Å². The number of carboxylic acids is 1. The molecular formula is C14H16O4. The molecule has 4 nitrogen and oxygen atoms in total. The van der Waals surface area contributed by atoms with Crippen LogP contribution < -0.4 is 9.47 Å². The number of para-hydroxylation sites is 1. The van der Waals surface area contributed by atoms with Crippen LogP contribution in [0.4, 0.5) is 0 Å². The average molecular weight is 248 g/mol. The smallest absolute Gasteiger partial charge is 0.334 e. The molecular weight excluding hydrogens is 232 g/mol. The summed E-state index contributed by atoms with van der Waals surface area (Å²) in [6.07, 6.45) is 0.819. The second kappa shape index (κ2) is 4.37. The molecule has 1 aliphatic rings. The van der Waals surface area contributed by atoms with Crippen molar-refractivity contribution in [3.05, 3.63) is 35.9 Å². The first-order valence-electron chi connectivity index (χ1n) is 5.74. The van der Waals surface area contributed by atoms with Crippen molar-refractivity contribution >= 4 is 5.97 Å². The van der Waals surface area contributed by atoms with E-state index < -0.39 is 5.97 Å². The van der Waals surface area contributed by atoms with Crippen LogP contribution in [0.15, 0.2) is 30.4 Å². The Hall–Kier alpha value is -1.97. The summed E-state index contributed by atoms with van der Waals surface area (Å²) in [4.78, 5) is 10.6. The highest BCUT2D eigenvalue weighted by atomic mass is 16.5. The molecule has 0 fully saturated rings. The van der Waals surface area contributed by atoms with E-state index in [-0.39, 0.29) is 17.8 Å². The molecule has 0 aliphatic carbocycles. The lowest BCUT2D eigenvalue weighted by Crippen LogP contribution is -2.24. The maximum absolute atomic E-state index is 10.6. The van der Waals surface area contributed by atoms with Crippen molar-refractivity contribution in [2.24, 2.45) is 0 Å². The van der Waals surface area contributed by atoms with E-state index in [1.165, 1.54) is 0 Å². The standard InChI is InChI=1S/C14H16O4/c1-9(13(15)16)8-17-11-6-4-5-10-7-14(2,3)18-12(10)11/h4-6H,1,7-8H2,2-3H3,(H,15,16). The van der Waals surface area contributed by atoms with Gasteiger partial charge in [-0.25, -0.2) is 4.79 Å². The summed E-state index contributed by atoms with van der Waals surface area (Å²) in [5.41, 5.74) is 0.856. The van der Waals surface area contributed by atoms with Crippen LogP contribution in [0.3, 0.4) is 0 Å². The first kappa shape index (κ1) is 12.5. The lowest BCUT2D eigenvalue weighted by molar-refractivity contribution is -0.133. The first-order valence-corrected chi connectivity index (χ1v) is 5.74. The Morgan fingerprint density at radius 2 is 2.28 bits per heavy atom. The maximum Gasteiger partial charge on any atom is 0.334 e. The number of fused-ring (bicyclic) bond motifs is 1. The van der Waals surface area contributed by atoms with Gasteiger partial charge in [-0.15, -0.1) is 0 Å². The molecule has 0 saturated carbocycles. The molecule has 0 bridgehead atoms. The van der Waals surface area contributed by atoms with Gasteiger partial charge in [0.1, 0.15) is 12.2 Å². The molecule has 96 valence electrons. The van der Waals surface area contributed by atoms with Crippen LogP contribution in [0.1, 0.15) is 19.4 Å². The van der Waals surface area contributed by atoms with E-state index >= 15 is 0 Å². The second-order valence-electron chi connectivity index (χ2n) is 4.98. The molecule has 0 amide bonds. The van der Waals surface area contributed by atoms with Crippen molar-refractivity contribution in [1.29, 1.82) is 0 Å². The van der Waals surface area contributed by atoms with Crippen LogP contribution in [0.25, 0.3) is 0 Å². The minimum atomic E-state index is -1.05. The molecule has 0 aromatic heterocycles. The largest absolute Gasteiger partial charge is 0.485 e. The van der Waals surface area contributed by atoms with E-state index in [0.29, 0.717) is 11.5 Å². The number of hydrogen-bond donors (Lipinski definition) is 1. The maximum atomic E-state index is 10.6. The fourth-order valence-corrected chi connectivity index (χ4v) is 1.93. The molecule has 1 aromatic carbocycles. The second-order valence-corrected chi connectivity index (χ2v) is 4.98. The van der Waals surface area contributed by atoms with Gasteiger partial charge in [0.05, 0.1) is 5.57 Å². The Labute approximate surface area is 106 Å². The zero-order valence-electron chi connectivity index (χ0n) is 10.5. The zero-order chi connectivity index (χ0) is 13.3. The number of ether oxygens (including phenoxy) is 2. The van der Waals surface area contributed by atoms with Crippen molar-refractivity contribution < 1.29 is 19.4 Å². The molecule has 1 aliphatic heterocycles. The minimum Gasteiger partial charge on any atom is -0.485 e. The molecule has 0 saturated heterocycles. The molecule has 18 heavy (non-hydrogen) atoms. The van der Waals surface area contributed by atoms with Crippen LogP contribution >= 0.6 is 0 Å². The van der Waals surface area contributed by atoms with Gasteiger partial charge in [0, 0.05) is 12.0 Å². The third-order valence-electron chi connectivity index (χ3n) is 2.76. The summed E-state index contributed by atoms with van der Waals surface area (Å²) < 4.78 is 11.3. The van der Waals surface area contributed by atoms with Gasteiger partial charge in [-0.1, -0.05) is 18.7 Å². The lowest BCUT2D eigenvalue weighted by Gasteiger charge is -2.18. The van der Waals surface area contributed by atoms with Crippen LogP contribution in [-0.4, -0.2) is 23.3 Å². The van der Waals surface area contributed by atoms with Crippen LogP contribution in [-0.2, 0) is 11.2 Å². The third-order valence-corrected chi connectivity index (χ3v) is 2.76. The summed E-state index contributed by atoms with van der Waals surface area (Å²) in [7, 11) is 0. The number of rotatable bonds is 4. The number of carboxylic acid groups (broad SMARTS) is 1. The number of aliphatic carboxylic acids is 1. The van der Waals surface area contributed by atoms with Gasteiger partial charge in [0.2, 0.25) is 0 Å². The van der Waals surface area contributed by atoms with Crippen molar-refractivity contribution in [2.45, 2.75) is 25.9 Å². The van der Waals surface area contributed by atoms with Gasteiger partial charge in [0.25, 0.3) is 0 Å².